The van der Waals surface area contributed by atoms with Crippen molar-refractivity contribution in [1.82, 2.24) is 14.1 Å². The Morgan fingerprint density at radius 3 is 2.85 bits per heavy atom. The molecule has 0 fully saturated rings. The van der Waals surface area contributed by atoms with Crippen LogP contribution in [0.2, 0.25) is 0 Å². The maximum atomic E-state index is 12.2. The normalized spacial score (nSPS) is 10.5. The number of rotatable bonds is 5. The minimum absolute atomic E-state index is 0.197. The Labute approximate surface area is 115 Å². The van der Waals surface area contributed by atoms with Gasteiger partial charge in [0.05, 0.1) is 13.7 Å². The number of ether oxygens (including phenoxy) is 1. The molecule has 0 aliphatic carbocycles. The van der Waals surface area contributed by atoms with Crippen molar-refractivity contribution in [1.29, 1.82) is 0 Å². The van der Waals surface area contributed by atoms with Crippen LogP contribution in [-0.2, 0) is 13.1 Å². The van der Waals surface area contributed by atoms with Crippen molar-refractivity contribution in [3.05, 3.63) is 57.0 Å². The first-order valence-corrected chi connectivity index (χ1v) is 6.15. The van der Waals surface area contributed by atoms with Gasteiger partial charge in [0.15, 0.2) is 0 Å². The Bertz CT molecular complexity index is 705. The van der Waals surface area contributed by atoms with Gasteiger partial charge in [0.25, 0.3) is 5.56 Å². The van der Waals surface area contributed by atoms with Gasteiger partial charge in [0.2, 0.25) is 5.88 Å². The maximum Gasteiger partial charge on any atom is 0.331 e. The van der Waals surface area contributed by atoms with E-state index in [1.54, 1.807) is 12.3 Å². The van der Waals surface area contributed by atoms with Crippen molar-refractivity contribution in [3.63, 3.8) is 0 Å². The molecule has 0 atom stereocenters. The van der Waals surface area contributed by atoms with E-state index in [0.717, 1.165) is 10.1 Å². The number of hydrogen-bond donors (Lipinski definition) is 1. The van der Waals surface area contributed by atoms with E-state index >= 15 is 0 Å². The lowest BCUT2D eigenvalue weighted by atomic mass is 10.2. The summed E-state index contributed by atoms with van der Waals surface area (Å²) in [5.41, 5.74) is 5.42. The topological polar surface area (TPSA) is 92.1 Å². The lowest BCUT2D eigenvalue weighted by molar-refractivity contribution is 0.390. The van der Waals surface area contributed by atoms with Gasteiger partial charge >= 0.3 is 5.69 Å². The average Bonchev–Trinajstić information content (AvgIpc) is 2.47. The summed E-state index contributed by atoms with van der Waals surface area (Å²) >= 11 is 0. The van der Waals surface area contributed by atoms with Crippen LogP contribution in [0.4, 0.5) is 0 Å². The van der Waals surface area contributed by atoms with E-state index in [-0.39, 0.29) is 25.2 Å². The second-order valence-corrected chi connectivity index (χ2v) is 4.18. The molecule has 0 aliphatic heterocycles. The largest absolute Gasteiger partial charge is 0.481 e. The summed E-state index contributed by atoms with van der Waals surface area (Å²) in [6.07, 6.45) is 3.07. The Morgan fingerprint density at radius 1 is 1.35 bits per heavy atom. The smallest absolute Gasteiger partial charge is 0.331 e. The minimum Gasteiger partial charge on any atom is -0.481 e. The predicted octanol–water partition coefficient (Wildman–Crippen LogP) is -0.579. The van der Waals surface area contributed by atoms with E-state index in [1.165, 1.54) is 23.9 Å². The third-order valence-corrected chi connectivity index (χ3v) is 2.88. The highest BCUT2D eigenvalue weighted by molar-refractivity contribution is 5.25. The van der Waals surface area contributed by atoms with Gasteiger partial charge < -0.3 is 10.5 Å². The second-order valence-electron chi connectivity index (χ2n) is 4.18. The zero-order valence-electron chi connectivity index (χ0n) is 11.2. The van der Waals surface area contributed by atoms with E-state index < -0.39 is 5.69 Å². The molecule has 2 heterocycles. The summed E-state index contributed by atoms with van der Waals surface area (Å²) in [5.74, 6) is 0.455. The molecule has 7 heteroatoms. The SMILES string of the molecule is COc1ncccc1Cn1ccc(=O)n(CCN)c1=O. The van der Waals surface area contributed by atoms with Gasteiger partial charge in [-0.3, -0.25) is 13.9 Å². The Morgan fingerprint density at radius 2 is 2.15 bits per heavy atom. The molecule has 7 nitrogen and oxygen atoms in total. The van der Waals surface area contributed by atoms with Gasteiger partial charge in [0.1, 0.15) is 0 Å². The van der Waals surface area contributed by atoms with E-state index in [0.29, 0.717) is 5.88 Å². The number of methoxy groups -OCH3 is 1. The summed E-state index contributed by atoms with van der Waals surface area (Å²) in [6, 6.07) is 4.93. The summed E-state index contributed by atoms with van der Waals surface area (Å²) in [4.78, 5) is 27.9. The Kier molecular flexibility index (Phi) is 4.31. The van der Waals surface area contributed by atoms with Gasteiger partial charge in [-0.05, 0) is 6.07 Å². The molecule has 0 saturated carbocycles. The van der Waals surface area contributed by atoms with E-state index in [2.05, 4.69) is 4.98 Å². The predicted molar refractivity (Wildman–Crippen MR) is 73.9 cm³/mol. The fraction of sp³-hybridized carbons (Fsp3) is 0.308. The number of nitrogens with zero attached hydrogens (tertiary/aromatic N) is 3. The van der Waals surface area contributed by atoms with Crippen LogP contribution >= 0.6 is 0 Å². The van der Waals surface area contributed by atoms with Crippen molar-refractivity contribution < 1.29 is 4.74 Å². The highest BCUT2D eigenvalue weighted by Crippen LogP contribution is 2.13. The molecule has 0 spiro atoms. The van der Waals surface area contributed by atoms with Crippen LogP contribution in [0.5, 0.6) is 5.88 Å². The molecule has 2 rings (SSSR count). The average molecular weight is 276 g/mol. The fourth-order valence-electron chi connectivity index (χ4n) is 1.92. The highest BCUT2D eigenvalue weighted by atomic mass is 16.5. The van der Waals surface area contributed by atoms with Crippen LogP contribution in [0.3, 0.4) is 0 Å². The first-order valence-electron chi connectivity index (χ1n) is 6.15. The van der Waals surface area contributed by atoms with Gasteiger partial charge in [0, 0.05) is 37.1 Å². The maximum absolute atomic E-state index is 12.2. The summed E-state index contributed by atoms with van der Waals surface area (Å²) in [5, 5.41) is 0. The lowest BCUT2D eigenvalue weighted by Gasteiger charge is -2.11. The van der Waals surface area contributed by atoms with E-state index in [9.17, 15) is 9.59 Å². The molecule has 106 valence electrons. The number of aromatic nitrogens is 3. The van der Waals surface area contributed by atoms with E-state index in [4.69, 9.17) is 10.5 Å². The van der Waals surface area contributed by atoms with Crippen LogP contribution in [-0.4, -0.2) is 27.8 Å². The van der Waals surface area contributed by atoms with Crippen molar-refractivity contribution in [3.8, 4) is 5.88 Å². The fourth-order valence-corrected chi connectivity index (χ4v) is 1.92. The molecular weight excluding hydrogens is 260 g/mol. The van der Waals surface area contributed by atoms with Gasteiger partial charge in [-0.15, -0.1) is 0 Å². The summed E-state index contributed by atoms with van der Waals surface area (Å²) in [7, 11) is 1.52. The zero-order valence-corrected chi connectivity index (χ0v) is 11.2. The molecule has 0 aliphatic rings. The standard InChI is InChI=1S/C13H16N4O3/c1-20-12-10(3-2-6-15-12)9-16-7-4-11(18)17(8-5-14)13(16)19/h2-4,6-7H,5,8-9,14H2,1H3. The number of hydrogen-bond acceptors (Lipinski definition) is 5. The van der Waals surface area contributed by atoms with E-state index in [1.807, 2.05) is 6.07 Å². The summed E-state index contributed by atoms with van der Waals surface area (Å²) < 4.78 is 7.68. The van der Waals surface area contributed by atoms with Crippen LogP contribution in [0.25, 0.3) is 0 Å². The monoisotopic (exact) mass is 276 g/mol. The Balaban J connectivity index is 2.42. The molecule has 0 amide bonds. The van der Waals surface area contributed by atoms with Gasteiger partial charge in [-0.25, -0.2) is 9.78 Å². The molecule has 0 aromatic carbocycles. The van der Waals surface area contributed by atoms with Gasteiger partial charge in [-0.1, -0.05) is 6.07 Å². The van der Waals surface area contributed by atoms with Crippen LogP contribution in [0, 0.1) is 0 Å². The van der Waals surface area contributed by atoms with Crippen molar-refractivity contribution >= 4 is 0 Å². The Hall–Kier alpha value is -2.41. The molecule has 0 unspecified atom stereocenters. The van der Waals surface area contributed by atoms with Crippen LogP contribution < -0.4 is 21.7 Å². The van der Waals surface area contributed by atoms with Crippen molar-refractivity contribution in [2.24, 2.45) is 5.73 Å². The second kappa shape index (κ2) is 6.16. The lowest BCUT2D eigenvalue weighted by Crippen LogP contribution is -2.40. The van der Waals surface area contributed by atoms with Crippen LogP contribution in [0.1, 0.15) is 5.56 Å². The van der Waals surface area contributed by atoms with Crippen LogP contribution in [0.15, 0.2) is 40.2 Å². The molecule has 2 N–H and O–H groups in total. The molecule has 0 radical (unpaired) electrons. The first kappa shape index (κ1) is 14.0. The highest BCUT2D eigenvalue weighted by Gasteiger charge is 2.08. The minimum atomic E-state index is -0.395. The first-order chi connectivity index (χ1) is 9.67. The quantitative estimate of drug-likeness (QED) is 0.789. The summed E-state index contributed by atoms with van der Waals surface area (Å²) in [6.45, 7) is 0.707. The van der Waals surface area contributed by atoms with Crippen molar-refractivity contribution in [2.45, 2.75) is 13.1 Å². The van der Waals surface area contributed by atoms with Gasteiger partial charge in [-0.2, -0.15) is 0 Å². The zero-order chi connectivity index (χ0) is 14.5. The number of nitrogens with two attached hydrogens (primary N) is 1. The molecule has 0 bridgehead atoms. The molecule has 2 aromatic heterocycles. The molecule has 20 heavy (non-hydrogen) atoms. The molecule has 0 saturated heterocycles. The number of pyridine rings is 1. The third kappa shape index (κ3) is 2.77. The third-order valence-electron chi connectivity index (χ3n) is 2.88. The van der Waals surface area contributed by atoms with Crippen molar-refractivity contribution in [2.75, 3.05) is 13.7 Å². The molecule has 2 aromatic rings. The molecular formula is C13H16N4O3.